The maximum atomic E-state index is 12.9. The Labute approximate surface area is 122 Å². The van der Waals surface area contributed by atoms with Crippen LogP contribution >= 0.6 is 0 Å². The number of aliphatic hydroxyl groups is 2. The number of nitrogens with one attached hydrogen (secondary N) is 1. The number of phenolic OH excluding ortho intramolecular Hbond substituents is 1. The van der Waals surface area contributed by atoms with Crippen molar-refractivity contribution in [2.75, 3.05) is 6.54 Å². The molecule has 0 amide bonds. The van der Waals surface area contributed by atoms with Crippen LogP contribution in [0.3, 0.4) is 0 Å². The van der Waals surface area contributed by atoms with Crippen LogP contribution < -0.4 is 5.32 Å². The van der Waals surface area contributed by atoms with Crippen molar-refractivity contribution >= 4 is 5.78 Å². The third kappa shape index (κ3) is 1.44. The predicted octanol–water partition coefficient (Wildman–Crippen LogP) is 0.00290. The van der Waals surface area contributed by atoms with Gasteiger partial charge in [0.1, 0.15) is 11.9 Å². The Morgan fingerprint density at radius 1 is 1.29 bits per heavy atom. The molecule has 1 heterocycles. The fraction of sp³-hybridized carbons (Fsp3) is 0.562. The number of fused-ring (bicyclic) bond motifs is 1. The summed E-state index contributed by atoms with van der Waals surface area (Å²) < 4.78 is 0. The number of hydrogen-bond donors (Lipinski definition) is 4. The van der Waals surface area contributed by atoms with Crippen LogP contribution in [0.2, 0.25) is 0 Å². The molecule has 5 nitrogen and oxygen atoms in total. The van der Waals surface area contributed by atoms with Crippen molar-refractivity contribution in [1.82, 2.24) is 5.32 Å². The average Bonchev–Trinajstić information content (AvgIpc) is 2.45. The first-order valence-electron chi connectivity index (χ1n) is 7.49. The monoisotopic (exact) mass is 289 g/mol. The normalized spacial score (nSPS) is 41.3. The summed E-state index contributed by atoms with van der Waals surface area (Å²) in [7, 11) is 0. The zero-order valence-electron chi connectivity index (χ0n) is 11.7. The van der Waals surface area contributed by atoms with Crippen LogP contribution in [0.4, 0.5) is 0 Å². The van der Waals surface area contributed by atoms with Crippen molar-refractivity contribution in [1.29, 1.82) is 0 Å². The van der Waals surface area contributed by atoms with Gasteiger partial charge in [-0.05, 0) is 55.5 Å². The molecule has 4 N–H and O–H groups in total. The van der Waals surface area contributed by atoms with Crippen molar-refractivity contribution in [3.8, 4) is 5.75 Å². The zero-order valence-corrected chi connectivity index (χ0v) is 11.7. The topological polar surface area (TPSA) is 89.8 Å². The molecule has 1 unspecified atom stereocenters. The van der Waals surface area contributed by atoms with Crippen LogP contribution in [0.15, 0.2) is 18.2 Å². The molecular formula is C16H19NO4. The van der Waals surface area contributed by atoms with Gasteiger partial charge in [0, 0.05) is 6.04 Å². The zero-order chi connectivity index (χ0) is 14.8. The SMILES string of the molecule is O=C1C(O)CC[C@@]2(O)[C@H]3Cc4ccc(O)cc4[C@@]12CCN3. The van der Waals surface area contributed by atoms with Gasteiger partial charge in [0.15, 0.2) is 5.78 Å². The Bertz CT molecular complexity index is 631. The van der Waals surface area contributed by atoms with Crippen molar-refractivity contribution < 1.29 is 20.1 Å². The Hall–Kier alpha value is -1.43. The minimum absolute atomic E-state index is 0.0929. The fourth-order valence-electron chi connectivity index (χ4n) is 4.71. The largest absolute Gasteiger partial charge is 0.508 e. The number of aromatic hydroxyl groups is 1. The molecule has 2 bridgehead atoms. The number of rotatable bonds is 0. The molecule has 4 rings (SSSR count). The summed E-state index contributed by atoms with van der Waals surface area (Å²) in [6.45, 7) is 0.626. The van der Waals surface area contributed by atoms with Gasteiger partial charge in [0.05, 0.1) is 11.0 Å². The van der Waals surface area contributed by atoms with E-state index in [9.17, 15) is 20.1 Å². The summed E-state index contributed by atoms with van der Waals surface area (Å²) in [5.74, 6) is -0.204. The molecule has 4 atom stereocenters. The summed E-state index contributed by atoms with van der Waals surface area (Å²) in [6, 6.07) is 4.84. The predicted molar refractivity (Wildman–Crippen MR) is 75.1 cm³/mol. The lowest BCUT2D eigenvalue weighted by Gasteiger charge is -2.60. The minimum Gasteiger partial charge on any atom is -0.508 e. The first-order valence-corrected chi connectivity index (χ1v) is 7.49. The van der Waals surface area contributed by atoms with E-state index in [1.54, 1.807) is 12.1 Å². The maximum absolute atomic E-state index is 12.9. The van der Waals surface area contributed by atoms with Gasteiger partial charge in [-0.25, -0.2) is 0 Å². The number of carbonyl (C=O) groups is 1. The number of piperidine rings is 1. The summed E-state index contributed by atoms with van der Waals surface area (Å²) in [5, 5.41) is 34.6. The highest BCUT2D eigenvalue weighted by Gasteiger charge is 2.67. The van der Waals surface area contributed by atoms with Gasteiger partial charge < -0.3 is 20.6 Å². The van der Waals surface area contributed by atoms with Gasteiger partial charge in [0.25, 0.3) is 0 Å². The Morgan fingerprint density at radius 3 is 2.90 bits per heavy atom. The molecule has 0 spiro atoms. The van der Waals surface area contributed by atoms with E-state index >= 15 is 0 Å². The first kappa shape index (κ1) is 13.2. The third-order valence-electron chi connectivity index (χ3n) is 5.71. The lowest BCUT2D eigenvalue weighted by molar-refractivity contribution is -0.171. The van der Waals surface area contributed by atoms with Crippen LogP contribution in [0.25, 0.3) is 0 Å². The summed E-state index contributed by atoms with van der Waals surface area (Å²) in [6.07, 6.45) is 0.747. The molecule has 1 saturated heterocycles. The quantitative estimate of drug-likeness (QED) is 0.540. The van der Waals surface area contributed by atoms with Gasteiger partial charge in [0.2, 0.25) is 0 Å². The van der Waals surface area contributed by atoms with Crippen molar-refractivity contribution in [2.24, 2.45) is 0 Å². The molecule has 3 aliphatic rings. The van der Waals surface area contributed by atoms with Crippen LogP contribution in [-0.2, 0) is 16.6 Å². The standard InChI is InChI=1S/C16H19NO4/c18-10-2-1-9-7-13-16(21)4-3-12(19)14(20)15(16,5-6-17-13)11(9)8-10/h1-2,8,12-13,17-19,21H,3-7H2/t12?,13-,15+,16-/m1/s1. The summed E-state index contributed by atoms with van der Waals surface area (Å²) in [5.41, 5.74) is -0.599. The van der Waals surface area contributed by atoms with E-state index in [0.717, 1.165) is 5.56 Å². The van der Waals surface area contributed by atoms with E-state index in [0.29, 0.717) is 37.8 Å². The van der Waals surface area contributed by atoms with Gasteiger partial charge in [-0.2, -0.15) is 0 Å². The van der Waals surface area contributed by atoms with Crippen LogP contribution in [0.5, 0.6) is 5.75 Å². The highest BCUT2D eigenvalue weighted by molar-refractivity contribution is 5.97. The molecule has 0 radical (unpaired) electrons. The number of ketones is 1. The molecule has 2 fully saturated rings. The van der Waals surface area contributed by atoms with E-state index in [1.165, 1.54) is 0 Å². The molecule has 1 saturated carbocycles. The van der Waals surface area contributed by atoms with Gasteiger partial charge in [-0.15, -0.1) is 0 Å². The molecule has 1 aliphatic heterocycles. The second-order valence-electron chi connectivity index (χ2n) is 6.55. The average molecular weight is 289 g/mol. The van der Waals surface area contributed by atoms with Crippen LogP contribution in [0, 0.1) is 0 Å². The number of carbonyl (C=O) groups excluding carboxylic acids is 1. The second kappa shape index (κ2) is 4.06. The van der Waals surface area contributed by atoms with Gasteiger partial charge in [-0.1, -0.05) is 6.07 Å². The van der Waals surface area contributed by atoms with E-state index in [1.807, 2.05) is 6.07 Å². The lowest BCUT2D eigenvalue weighted by atomic mass is 9.49. The van der Waals surface area contributed by atoms with Crippen LogP contribution in [-0.4, -0.2) is 45.4 Å². The van der Waals surface area contributed by atoms with Crippen molar-refractivity contribution in [3.05, 3.63) is 29.3 Å². The van der Waals surface area contributed by atoms with Crippen molar-refractivity contribution in [3.63, 3.8) is 0 Å². The van der Waals surface area contributed by atoms with E-state index in [2.05, 4.69) is 5.32 Å². The van der Waals surface area contributed by atoms with Gasteiger partial charge >= 0.3 is 0 Å². The highest BCUT2D eigenvalue weighted by atomic mass is 16.3. The van der Waals surface area contributed by atoms with Crippen LogP contribution in [0.1, 0.15) is 30.4 Å². The van der Waals surface area contributed by atoms with E-state index in [4.69, 9.17) is 0 Å². The number of aliphatic hydroxyl groups excluding tert-OH is 1. The molecule has 0 aromatic heterocycles. The molecule has 1 aromatic carbocycles. The summed E-state index contributed by atoms with van der Waals surface area (Å²) >= 11 is 0. The molecule has 21 heavy (non-hydrogen) atoms. The lowest BCUT2D eigenvalue weighted by Crippen LogP contribution is -2.76. The highest BCUT2D eigenvalue weighted by Crippen LogP contribution is 2.55. The molecular weight excluding hydrogens is 270 g/mol. The number of phenols is 1. The molecule has 2 aliphatic carbocycles. The third-order valence-corrected chi connectivity index (χ3v) is 5.71. The van der Waals surface area contributed by atoms with E-state index < -0.39 is 17.1 Å². The second-order valence-corrected chi connectivity index (χ2v) is 6.55. The fourth-order valence-corrected chi connectivity index (χ4v) is 4.71. The molecule has 1 aromatic rings. The first-order chi connectivity index (χ1) is 9.99. The number of hydrogen-bond acceptors (Lipinski definition) is 5. The minimum atomic E-state index is -1.18. The number of Topliss-reactive ketones (excluding diaryl/α,β-unsaturated/α-hetero) is 1. The van der Waals surface area contributed by atoms with Crippen molar-refractivity contribution in [2.45, 2.75) is 48.8 Å². The molecule has 112 valence electrons. The number of benzene rings is 1. The molecule has 5 heteroatoms. The maximum Gasteiger partial charge on any atom is 0.174 e. The van der Waals surface area contributed by atoms with E-state index in [-0.39, 0.29) is 17.6 Å². The smallest absolute Gasteiger partial charge is 0.174 e. The van der Waals surface area contributed by atoms with Gasteiger partial charge in [-0.3, -0.25) is 4.79 Å². The Balaban J connectivity index is 2.02. The Kier molecular flexibility index (Phi) is 2.56. The summed E-state index contributed by atoms with van der Waals surface area (Å²) in [4.78, 5) is 12.9. The Morgan fingerprint density at radius 2 is 2.10 bits per heavy atom.